The largest absolute Gasteiger partial charge is 0.288 e. The van der Waals surface area contributed by atoms with E-state index in [1.54, 1.807) is 0 Å². The minimum absolute atomic E-state index is 0.0370. The summed E-state index contributed by atoms with van der Waals surface area (Å²) in [5.41, 5.74) is -0.0370. The van der Waals surface area contributed by atoms with E-state index in [1.165, 1.54) is 0 Å². The first-order valence-electron chi connectivity index (χ1n) is 1.85. The van der Waals surface area contributed by atoms with Gasteiger partial charge in [0.2, 0.25) is 0 Å². The molecule has 1 unspecified atom stereocenters. The summed E-state index contributed by atoms with van der Waals surface area (Å²) in [6, 6.07) is 0. The molecule has 6 heavy (non-hydrogen) atoms. The molecule has 1 aliphatic heterocycles. The van der Waals surface area contributed by atoms with Crippen molar-refractivity contribution in [1.29, 1.82) is 0 Å². The predicted octanol–water partition coefficient (Wildman–Crippen LogP) is -0.137. The van der Waals surface area contributed by atoms with Gasteiger partial charge in [0.05, 0.1) is 0 Å². The normalized spacial score (nSPS) is 25.5. The average Bonchev–Trinajstić information content (AvgIpc) is 1.86. The molecule has 2 N–H and O–H groups in total. The fourth-order valence-corrected chi connectivity index (χ4v) is 0.562. The van der Waals surface area contributed by atoms with Gasteiger partial charge in [-0.05, 0) is 0 Å². The summed E-state index contributed by atoms with van der Waals surface area (Å²) in [7, 11) is 0. The quantitative estimate of drug-likeness (QED) is 0.331. The molecule has 3 heteroatoms. The van der Waals surface area contributed by atoms with Crippen molar-refractivity contribution in [3.8, 4) is 0 Å². The second-order valence-electron chi connectivity index (χ2n) is 1.14. The van der Waals surface area contributed by atoms with E-state index in [2.05, 4.69) is 10.6 Å². The van der Waals surface area contributed by atoms with Gasteiger partial charge < -0.3 is 0 Å². The smallest absolute Gasteiger partial charge is 0.135 e. The zero-order chi connectivity index (χ0) is 4.41. The van der Waals surface area contributed by atoms with Crippen LogP contribution in [0.5, 0.6) is 0 Å². The van der Waals surface area contributed by atoms with Gasteiger partial charge in [0, 0.05) is 13.1 Å². The highest BCUT2D eigenvalue weighted by molar-refractivity contribution is 6.20. The van der Waals surface area contributed by atoms with Gasteiger partial charge in [-0.2, -0.15) is 0 Å². The van der Waals surface area contributed by atoms with Gasteiger partial charge in [-0.25, -0.2) is 0 Å². The number of nitrogens with one attached hydrogen (secondary N) is 2. The SMILES string of the molecule is ClC1N[CH]CN1. The van der Waals surface area contributed by atoms with Gasteiger partial charge >= 0.3 is 0 Å². The predicted molar refractivity (Wildman–Crippen MR) is 25.1 cm³/mol. The molecule has 0 amide bonds. The standard InChI is InChI=1S/C3H6ClN2/c4-3-5-1-2-6-3/h1,3,5-6H,2H2. The van der Waals surface area contributed by atoms with Crippen LogP contribution in [0.15, 0.2) is 0 Å². The van der Waals surface area contributed by atoms with Gasteiger partial charge in [-0.1, -0.05) is 11.6 Å². The van der Waals surface area contributed by atoms with Crippen LogP contribution in [-0.4, -0.2) is 12.2 Å². The minimum atomic E-state index is -0.0370. The summed E-state index contributed by atoms with van der Waals surface area (Å²) in [4.78, 5) is 0. The second-order valence-corrected chi connectivity index (χ2v) is 1.58. The van der Waals surface area contributed by atoms with Crippen LogP contribution < -0.4 is 10.6 Å². The Hall–Kier alpha value is 0.210. The highest BCUT2D eigenvalue weighted by Crippen LogP contribution is 1.90. The lowest BCUT2D eigenvalue weighted by molar-refractivity contribution is 0.742. The Kier molecular flexibility index (Phi) is 1.29. The lowest BCUT2D eigenvalue weighted by atomic mass is 10.7. The van der Waals surface area contributed by atoms with E-state index in [9.17, 15) is 0 Å². The molecule has 1 saturated heterocycles. The van der Waals surface area contributed by atoms with Crippen molar-refractivity contribution in [3.63, 3.8) is 0 Å². The molecule has 1 aliphatic rings. The summed E-state index contributed by atoms with van der Waals surface area (Å²) >= 11 is 5.46. The third kappa shape index (κ3) is 0.834. The molecule has 0 aromatic carbocycles. The maximum atomic E-state index is 5.46. The first-order chi connectivity index (χ1) is 2.89. The molecule has 2 nitrogen and oxygen atoms in total. The van der Waals surface area contributed by atoms with Crippen LogP contribution >= 0.6 is 11.6 Å². The summed E-state index contributed by atoms with van der Waals surface area (Å²) in [5.74, 6) is 0. The van der Waals surface area contributed by atoms with Crippen molar-refractivity contribution < 1.29 is 0 Å². The summed E-state index contributed by atoms with van der Waals surface area (Å²) in [6.45, 7) is 2.76. The Balaban J connectivity index is 2.18. The van der Waals surface area contributed by atoms with E-state index in [4.69, 9.17) is 11.6 Å². The van der Waals surface area contributed by atoms with Crippen LogP contribution in [0.3, 0.4) is 0 Å². The first-order valence-corrected chi connectivity index (χ1v) is 2.28. The van der Waals surface area contributed by atoms with Crippen molar-refractivity contribution in [2.45, 2.75) is 5.62 Å². The summed E-state index contributed by atoms with van der Waals surface area (Å²) in [6.07, 6.45) is 0. The number of rotatable bonds is 0. The van der Waals surface area contributed by atoms with E-state index in [1.807, 2.05) is 6.54 Å². The molecule has 1 heterocycles. The van der Waals surface area contributed by atoms with Crippen molar-refractivity contribution >= 4 is 11.6 Å². The maximum absolute atomic E-state index is 5.46. The van der Waals surface area contributed by atoms with Crippen LogP contribution in [0.2, 0.25) is 0 Å². The van der Waals surface area contributed by atoms with Gasteiger partial charge in [-0.15, -0.1) is 0 Å². The molecule has 0 bridgehead atoms. The van der Waals surface area contributed by atoms with Crippen LogP contribution in [-0.2, 0) is 0 Å². The minimum Gasteiger partial charge on any atom is -0.288 e. The van der Waals surface area contributed by atoms with Crippen LogP contribution in [0.25, 0.3) is 0 Å². The molecule has 0 spiro atoms. The molecule has 0 aliphatic carbocycles. The highest BCUT2D eigenvalue weighted by Gasteiger charge is 2.06. The number of hydrogen-bond acceptors (Lipinski definition) is 2. The molecule has 1 atom stereocenters. The van der Waals surface area contributed by atoms with Crippen molar-refractivity contribution in [3.05, 3.63) is 6.54 Å². The molecule has 1 rings (SSSR count). The maximum Gasteiger partial charge on any atom is 0.135 e. The van der Waals surface area contributed by atoms with Crippen LogP contribution in [0, 0.1) is 6.54 Å². The van der Waals surface area contributed by atoms with Crippen LogP contribution in [0.4, 0.5) is 0 Å². The van der Waals surface area contributed by atoms with E-state index in [0.29, 0.717) is 0 Å². The molecule has 0 saturated carbocycles. The third-order valence-electron chi connectivity index (χ3n) is 0.663. The zero-order valence-corrected chi connectivity index (χ0v) is 4.00. The summed E-state index contributed by atoms with van der Waals surface area (Å²) < 4.78 is 0. The number of alkyl halides is 1. The Labute approximate surface area is 41.9 Å². The van der Waals surface area contributed by atoms with Crippen molar-refractivity contribution in [2.24, 2.45) is 0 Å². The average molecular weight is 106 g/mol. The molecule has 1 radical (unpaired) electrons. The molecule has 35 valence electrons. The second kappa shape index (κ2) is 1.78. The van der Waals surface area contributed by atoms with E-state index in [-0.39, 0.29) is 5.62 Å². The van der Waals surface area contributed by atoms with Crippen molar-refractivity contribution in [2.75, 3.05) is 6.54 Å². The topological polar surface area (TPSA) is 24.1 Å². The highest BCUT2D eigenvalue weighted by atomic mass is 35.5. The zero-order valence-electron chi connectivity index (χ0n) is 3.24. The Morgan fingerprint density at radius 3 is 2.83 bits per heavy atom. The Morgan fingerprint density at radius 2 is 2.67 bits per heavy atom. The first kappa shape index (κ1) is 4.37. The van der Waals surface area contributed by atoms with E-state index >= 15 is 0 Å². The molecule has 0 aromatic rings. The molecule has 1 fully saturated rings. The monoisotopic (exact) mass is 105 g/mol. The molecular formula is C3H6ClN2. The van der Waals surface area contributed by atoms with Gasteiger partial charge in [0.15, 0.2) is 0 Å². The number of hydrogen-bond donors (Lipinski definition) is 2. The molecular weight excluding hydrogens is 99.5 g/mol. The van der Waals surface area contributed by atoms with Gasteiger partial charge in [-0.3, -0.25) is 10.6 Å². The fraction of sp³-hybridized carbons (Fsp3) is 0.667. The summed E-state index contributed by atoms with van der Waals surface area (Å²) in [5, 5.41) is 5.77. The lowest BCUT2D eigenvalue weighted by Gasteiger charge is -1.93. The number of halogens is 1. The fourth-order valence-electron chi connectivity index (χ4n) is 0.384. The Morgan fingerprint density at radius 1 is 1.83 bits per heavy atom. The van der Waals surface area contributed by atoms with Crippen molar-refractivity contribution in [1.82, 2.24) is 10.6 Å². The van der Waals surface area contributed by atoms with Crippen LogP contribution in [0.1, 0.15) is 0 Å². The molecule has 0 aromatic heterocycles. The van der Waals surface area contributed by atoms with Gasteiger partial charge in [0.25, 0.3) is 0 Å². The van der Waals surface area contributed by atoms with Gasteiger partial charge in [0.1, 0.15) is 5.62 Å². The lowest BCUT2D eigenvalue weighted by Crippen LogP contribution is -2.22. The van der Waals surface area contributed by atoms with E-state index in [0.717, 1.165) is 6.54 Å². The van der Waals surface area contributed by atoms with E-state index < -0.39 is 0 Å². The third-order valence-corrected chi connectivity index (χ3v) is 0.944. The Bertz CT molecular complexity index is 42.1.